The zero-order chi connectivity index (χ0) is 24.0. The maximum Gasteiger partial charge on any atom is 0.409 e. The van der Waals surface area contributed by atoms with Gasteiger partial charge in [-0.3, -0.25) is 4.79 Å². The molecular weight excluding hydrogens is 438 g/mol. The number of carboxylic acids is 1. The van der Waals surface area contributed by atoms with Gasteiger partial charge in [0.05, 0.1) is 17.3 Å². The lowest BCUT2D eigenvalue weighted by Gasteiger charge is -2.29. The smallest absolute Gasteiger partial charge is 0.409 e. The number of aryl methyl sites for hydroxylation is 2. The molecule has 0 saturated heterocycles. The summed E-state index contributed by atoms with van der Waals surface area (Å²) in [5.74, 6) is 0.569. The van der Waals surface area contributed by atoms with Gasteiger partial charge >= 0.3 is 12.1 Å². The van der Waals surface area contributed by atoms with Gasteiger partial charge in [-0.05, 0) is 56.6 Å². The zero-order valence-electron chi connectivity index (χ0n) is 19.8. The van der Waals surface area contributed by atoms with Crippen LogP contribution < -0.4 is 4.74 Å². The quantitative estimate of drug-likeness (QED) is 0.626. The number of carboxylic acid groups (broad SMARTS) is 1. The van der Waals surface area contributed by atoms with E-state index in [0.717, 1.165) is 12.8 Å². The van der Waals surface area contributed by atoms with E-state index in [1.807, 2.05) is 19.1 Å². The van der Waals surface area contributed by atoms with Crippen LogP contribution in [-0.4, -0.2) is 61.7 Å². The highest BCUT2D eigenvalue weighted by atomic mass is 16.6. The normalized spacial score (nSPS) is 25.4. The van der Waals surface area contributed by atoms with Gasteiger partial charge in [0.1, 0.15) is 29.8 Å². The number of rotatable bonds is 8. The van der Waals surface area contributed by atoms with Gasteiger partial charge < -0.3 is 19.5 Å². The van der Waals surface area contributed by atoms with Crippen molar-refractivity contribution in [3.05, 3.63) is 23.5 Å². The zero-order valence-corrected chi connectivity index (χ0v) is 19.8. The van der Waals surface area contributed by atoms with Crippen LogP contribution in [0.5, 0.6) is 5.75 Å². The molecule has 3 fully saturated rings. The molecule has 2 aromatic rings. The van der Waals surface area contributed by atoms with Crippen molar-refractivity contribution in [2.24, 2.45) is 30.7 Å². The van der Waals surface area contributed by atoms with E-state index >= 15 is 0 Å². The van der Waals surface area contributed by atoms with Crippen molar-refractivity contribution in [1.82, 2.24) is 24.9 Å². The van der Waals surface area contributed by atoms with Crippen LogP contribution in [0.2, 0.25) is 0 Å². The van der Waals surface area contributed by atoms with Gasteiger partial charge in [0.15, 0.2) is 0 Å². The average molecular weight is 470 g/mol. The summed E-state index contributed by atoms with van der Waals surface area (Å²) in [6, 6.07) is 3.66. The lowest BCUT2D eigenvalue weighted by molar-refractivity contribution is -0.139. The molecule has 0 radical (unpaired) electrons. The fourth-order valence-corrected chi connectivity index (χ4v) is 5.40. The third kappa shape index (κ3) is 4.21. The molecule has 5 rings (SSSR count). The second-order valence-electron chi connectivity index (χ2n) is 9.86. The molecule has 0 aromatic carbocycles. The number of nitrogens with zero attached hydrogens (tertiary/aromatic N) is 5. The predicted octanol–water partition coefficient (Wildman–Crippen LogP) is 3.04. The molecule has 3 saturated carbocycles. The molecule has 4 unspecified atom stereocenters. The Morgan fingerprint density at radius 3 is 2.68 bits per heavy atom. The molecule has 1 N–H and O–H groups in total. The van der Waals surface area contributed by atoms with E-state index < -0.39 is 5.97 Å². The number of aromatic nitrogens is 4. The van der Waals surface area contributed by atoms with Crippen LogP contribution in [0.1, 0.15) is 43.5 Å². The highest BCUT2D eigenvalue weighted by molar-refractivity contribution is 5.75. The predicted molar refractivity (Wildman–Crippen MR) is 121 cm³/mol. The van der Waals surface area contributed by atoms with Crippen molar-refractivity contribution in [2.75, 3.05) is 13.6 Å². The first-order valence-corrected chi connectivity index (χ1v) is 12.0. The summed E-state index contributed by atoms with van der Waals surface area (Å²) < 4.78 is 13.3. The Morgan fingerprint density at radius 2 is 2.03 bits per heavy atom. The van der Waals surface area contributed by atoms with Gasteiger partial charge in [0.25, 0.3) is 0 Å². The highest BCUT2D eigenvalue weighted by Gasteiger charge is 2.63. The third-order valence-electron chi connectivity index (χ3n) is 7.63. The number of hydrogen-bond acceptors (Lipinski definition) is 7. The largest absolute Gasteiger partial charge is 0.488 e. The monoisotopic (exact) mass is 469 g/mol. The molecule has 1 amide bonds. The maximum atomic E-state index is 12.4. The molecule has 182 valence electrons. The van der Waals surface area contributed by atoms with E-state index in [2.05, 4.69) is 15.3 Å². The van der Waals surface area contributed by atoms with Crippen molar-refractivity contribution in [3.8, 4) is 17.1 Å². The lowest BCUT2D eigenvalue weighted by atomic mass is 9.85. The second-order valence-corrected chi connectivity index (χ2v) is 9.86. The van der Waals surface area contributed by atoms with Gasteiger partial charge in [-0.2, -0.15) is 0 Å². The molecule has 34 heavy (non-hydrogen) atoms. The van der Waals surface area contributed by atoms with Crippen LogP contribution in [0.15, 0.2) is 12.1 Å². The SMILES string of the molecule is Cc1nc(-c2nnn(C)c2COC(=O)N(C)CC2CCC2)ccc1OC1CCC2C(C(=O)O)C12. The molecule has 2 heterocycles. The molecule has 3 aliphatic carbocycles. The minimum Gasteiger partial charge on any atom is -0.488 e. The summed E-state index contributed by atoms with van der Waals surface area (Å²) in [5.41, 5.74) is 2.53. The molecule has 0 aliphatic heterocycles. The van der Waals surface area contributed by atoms with Gasteiger partial charge in [0.2, 0.25) is 0 Å². The van der Waals surface area contributed by atoms with E-state index in [1.54, 1.807) is 23.7 Å². The lowest BCUT2D eigenvalue weighted by Crippen LogP contribution is -2.34. The van der Waals surface area contributed by atoms with Crippen molar-refractivity contribution >= 4 is 12.1 Å². The first-order valence-electron chi connectivity index (χ1n) is 12.0. The minimum atomic E-state index is -0.724. The Bertz CT molecular complexity index is 1100. The van der Waals surface area contributed by atoms with Crippen LogP contribution in [-0.2, 0) is 23.2 Å². The van der Waals surface area contributed by atoms with Crippen LogP contribution in [0.3, 0.4) is 0 Å². The molecule has 0 bridgehead atoms. The summed E-state index contributed by atoms with van der Waals surface area (Å²) >= 11 is 0. The van der Waals surface area contributed by atoms with Crippen molar-refractivity contribution in [1.29, 1.82) is 0 Å². The first-order chi connectivity index (χ1) is 16.3. The number of amides is 1. The van der Waals surface area contributed by atoms with Crippen LogP contribution in [0.4, 0.5) is 4.79 Å². The number of carbonyl (C=O) groups excluding carboxylic acids is 1. The Hall–Kier alpha value is -3.17. The average Bonchev–Trinajstić information content (AvgIpc) is 3.19. The van der Waals surface area contributed by atoms with Gasteiger partial charge in [0, 0.05) is 26.6 Å². The molecular formula is C24H31N5O5. The van der Waals surface area contributed by atoms with Crippen molar-refractivity contribution in [2.45, 2.75) is 51.7 Å². The second kappa shape index (κ2) is 8.88. The summed E-state index contributed by atoms with van der Waals surface area (Å²) in [6.07, 6.45) is 4.89. The Kier molecular flexibility index (Phi) is 5.91. The Balaban J connectivity index is 1.24. The van der Waals surface area contributed by atoms with E-state index in [9.17, 15) is 14.7 Å². The summed E-state index contributed by atoms with van der Waals surface area (Å²) in [7, 11) is 3.52. The van der Waals surface area contributed by atoms with Crippen molar-refractivity contribution < 1.29 is 24.2 Å². The van der Waals surface area contributed by atoms with Crippen molar-refractivity contribution in [3.63, 3.8) is 0 Å². The van der Waals surface area contributed by atoms with E-state index in [0.29, 0.717) is 41.0 Å². The van der Waals surface area contributed by atoms with Gasteiger partial charge in [-0.1, -0.05) is 11.6 Å². The fourth-order valence-electron chi connectivity index (χ4n) is 5.40. The molecule has 10 heteroatoms. The Labute approximate surface area is 198 Å². The van der Waals surface area contributed by atoms with Crippen LogP contribution in [0, 0.1) is 30.6 Å². The summed E-state index contributed by atoms with van der Waals surface area (Å²) in [4.78, 5) is 30.1. The summed E-state index contributed by atoms with van der Waals surface area (Å²) in [6.45, 7) is 2.62. The first kappa shape index (κ1) is 22.6. The minimum absolute atomic E-state index is 0.0490. The molecule has 10 nitrogen and oxygen atoms in total. The van der Waals surface area contributed by atoms with Gasteiger partial charge in [-0.25, -0.2) is 14.5 Å². The Morgan fingerprint density at radius 1 is 1.24 bits per heavy atom. The van der Waals surface area contributed by atoms with Crippen LogP contribution >= 0.6 is 0 Å². The number of aliphatic carboxylic acids is 1. The highest BCUT2D eigenvalue weighted by Crippen LogP contribution is 2.58. The molecule has 3 aliphatic rings. The topological polar surface area (TPSA) is 120 Å². The van der Waals surface area contributed by atoms with E-state index in [-0.39, 0.29) is 36.6 Å². The van der Waals surface area contributed by atoms with Gasteiger partial charge in [-0.15, -0.1) is 5.10 Å². The summed E-state index contributed by atoms with van der Waals surface area (Å²) in [5, 5.41) is 17.7. The third-order valence-corrected chi connectivity index (χ3v) is 7.63. The molecule has 2 aromatic heterocycles. The fraction of sp³-hybridized carbons (Fsp3) is 0.625. The number of fused-ring (bicyclic) bond motifs is 1. The molecule has 0 spiro atoms. The number of ether oxygens (including phenoxy) is 2. The maximum absolute atomic E-state index is 12.4. The standard InChI is InChI=1S/C24H31N5O5/c1-13-18(34-19-9-7-15-20(19)21(15)23(30)31)10-8-16(25-13)22-17(29(3)27-26-22)12-33-24(32)28(2)11-14-5-4-6-14/h8,10,14-15,19-21H,4-7,9,11-12H2,1-3H3,(H,30,31). The molecule has 4 atom stereocenters. The number of pyridine rings is 1. The number of hydrogen-bond donors (Lipinski definition) is 1. The van der Waals surface area contributed by atoms with Crippen LogP contribution in [0.25, 0.3) is 11.4 Å². The number of carbonyl (C=O) groups is 2. The van der Waals surface area contributed by atoms with E-state index in [4.69, 9.17) is 9.47 Å². The van der Waals surface area contributed by atoms with E-state index in [1.165, 1.54) is 19.3 Å².